The molecular weight excluding hydrogens is 250 g/mol. The van der Waals surface area contributed by atoms with Crippen LogP contribution in [0.3, 0.4) is 0 Å². The molecule has 1 saturated heterocycles. The summed E-state index contributed by atoms with van der Waals surface area (Å²) in [7, 11) is 0. The van der Waals surface area contributed by atoms with E-state index in [9.17, 15) is 14.5 Å². The summed E-state index contributed by atoms with van der Waals surface area (Å²) in [6.07, 6.45) is 0. The number of hydrogen-bond acceptors (Lipinski definition) is 3. The fraction of sp³-hybridized carbons (Fsp3) is 0.462. The van der Waals surface area contributed by atoms with Crippen LogP contribution in [0.2, 0.25) is 0 Å². The molecule has 0 amide bonds. The van der Waals surface area contributed by atoms with E-state index in [4.69, 9.17) is 0 Å². The average molecular weight is 267 g/mol. The summed E-state index contributed by atoms with van der Waals surface area (Å²) in [5.74, 6) is -0.915. The van der Waals surface area contributed by atoms with Crippen molar-refractivity contribution in [3.8, 4) is 0 Å². The zero-order chi connectivity index (χ0) is 13.5. The van der Waals surface area contributed by atoms with Gasteiger partial charge in [-0.15, -0.1) is 4.31 Å². The molecule has 98 valence electrons. The molecule has 0 spiro atoms. The molecule has 1 fully saturated rings. The van der Waals surface area contributed by atoms with Crippen LogP contribution in [-0.4, -0.2) is 30.7 Å². The molecule has 1 aliphatic rings. The fourth-order valence-electron chi connectivity index (χ4n) is 1.96. The maximum Gasteiger partial charge on any atom is 0.327 e. The molecule has 0 bridgehead atoms. The van der Waals surface area contributed by atoms with Gasteiger partial charge >= 0.3 is 5.97 Å². The first kappa shape index (κ1) is 13.4. The lowest BCUT2D eigenvalue weighted by molar-refractivity contribution is -0.137. The molecule has 3 unspecified atom stereocenters. The zero-order valence-electron chi connectivity index (χ0n) is 10.7. The lowest BCUT2D eigenvalue weighted by atomic mass is 10.1. The van der Waals surface area contributed by atoms with Crippen molar-refractivity contribution >= 4 is 17.3 Å². The number of hydrogen-bond donors (Lipinski definition) is 1. The molecule has 5 heteroatoms. The van der Waals surface area contributed by atoms with Gasteiger partial charge in [0.2, 0.25) is 0 Å². The van der Waals surface area contributed by atoms with Gasteiger partial charge in [0.05, 0.1) is 0 Å². The van der Waals surface area contributed by atoms with E-state index >= 15 is 0 Å². The van der Waals surface area contributed by atoms with Crippen LogP contribution < -0.4 is 0 Å². The largest absolute Gasteiger partial charge is 0.597 e. The third-order valence-corrected chi connectivity index (χ3v) is 4.75. The van der Waals surface area contributed by atoms with Crippen molar-refractivity contribution in [3.05, 3.63) is 35.9 Å². The quantitative estimate of drug-likeness (QED) is 0.671. The number of rotatable bonds is 3. The van der Waals surface area contributed by atoms with Crippen molar-refractivity contribution in [2.24, 2.45) is 0 Å². The Morgan fingerprint density at radius 3 is 2.33 bits per heavy atom. The Morgan fingerprint density at radius 2 is 1.89 bits per heavy atom. The maximum atomic E-state index is 12.3. The summed E-state index contributed by atoms with van der Waals surface area (Å²) in [5.41, 5.74) is 0.905. The summed E-state index contributed by atoms with van der Waals surface area (Å²) < 4.78 is 13.4. The van der Waals surface area contributed by atoms with Crippen LogP contribution in [0.15, 0.2) is 30.3 Å². The highest BCUT2D eigenvalue weighted by atomic mass is 32.2. The molecule has 1 aliphatic heterocycles. The van der Waals surface area contributed by atoms with Gasteiger partial charge in [-0.1, -0.05) is 30.3 Å². The van der Waals surface area contributed by atoms with Gasteiger partial charge in [0.25, 0.3) is 0 Å². The minimum atomic E-state index is -1.31. The van der Waals surface area contributed by atoms with Gasteiger partial charge in [-0.3, -0.25) is 4.79 Å². The van der Waals surface area contributed by atoms with Gasteiger partial charge in [-0.05, 0) is 26.3 Å². The number of benzene rings is 1. The standard InChI is InChI=1S/C13H17NO3S/c1-13(2,3)18(17)14-10(11(14)12(15)16)9-7-5-4-6-8-9/h4-8,10-11H,1-3H3,(H,15,16)/t10?,11-,14?,18?/m1/s1. The molecule has 1 N–H and O–H groups in total. The number of carbonyl (C=O) groups is 1. The number of carboxylic acid groups (broad SMARTS) is 1. The third-order valence-electron chi connectivity index (χ3n) is 2.87. The summed E-state index contributed by atoms with van der Waals surface area (Å²) in [5, 5.41) is 9.19. The Morgan fingerprint density at radius 1 is 1.33 bits per heavy atom. The summed E-state index contributed by atoms with van der Waals surface area (Å²) in [6, 6.07) is 8.42. The Balaban J connectivity index is 2.24. The number of nitrogens with zero attached hydrogens (tertiary/aromatic N) is 1. The second-order valence-electron chi connectivity index (χ2n) is 5.36. The highest BCUT2D eigenvalue weighted by Crippen LogP contribution is 2.48. The first-order valence-corrected chi connectivity index (χ1v) is 6.93. The van der Waals surface area contributed by atoms with E-state index in [1.807, 2.05) is 51.1 Å². The zero-order valence-corrected chi connectivity index (χ0v) is 11.5. The molecule has 18 heavy (non-hydrogen) atoms. The second-order valence-corrected chi connectivity index (χ2v) is 7.50. The smallest absolute Gasteiger partial charge is 0.327 e. The van der Waals surface area contributed by atoms with Crippen molar-refractivity contribution in [1.82, 2.24) is 4.31 Å². The lowest BCUT2D eigenvalue weighted by Crippen LogP contribution is -2.35. The predicted octanol–water partition coefficient (Wildman–Crippen LogP) is 1.96. The van der Waals surface area contributed by atoms with Crippen molar-refractivity contribution in [3.63, 3.8) is 0 Å². The van der Waals surface area contributed by atoms with Crippen LogP contribution in [0.1, 0.15) is 32.4 Å². The Labute approximate surface area is 110 Å². The topological polar surface area (TPSA) is 63.4 Å². The minimum Gasteiger partial charge on any atom is -0.597 e. The van der Waals surface area contributed by atoms with E-state index in [0.29, 0.717) is 0 Å². The van der Waals surface area contributed by atoms with Gasteiger partial charge < -0.3 is 9.66 Å². The van der Waals surface area contributed by atoms with Gasteiger partial charge in [0.1, 0.15) is 10.8 Å². The molecule has 1 aromatic rings. The Kier molecular flexibility index (Phi) is 3.40. The molecule has 0 aromatic heterocycles. The second kappa shape index (κ2) is 4.57. The third kappa shape index (κ3) is 2.39. The van der Waals surface area contributed by atoms with Crippen LogP contribution in [0.25, 0.3) is 0 Å². The van der Waals surface area contributed by atoms with Gasteiger partial charge in [-0.25, -0.2) is 0 Å². The SMILES string of the molecule is CC(C)(C)[S+]([O-])N1C(c2ccccc2)[C@@H]1C(=O)O. The monoisotopic (exact) mass is 267 g/mol. The van der Waals surface area contributed by atoms with Gasteiger partial charge in [0.15, 0.2) is 6.04 Å². The molecule has 1 heterocycles. The average Bonchev–Trinajstić information content (AvgIpc) is 3.03. The maximum absolute atomic E-state index is 12.3. The molecule has 4 nitrogen and oxygen atoms in total. The summed E-state index contributed by atoms with van der Waals surface area (Å²) in [6.45, 7) is 5.55. The van der Waals surface area contributed by atoms with Crippen LogP contribution in [0.5, 0.6) is 0 Å². The van der Waals surface area contributed by atoms with Gasteiger partial charge in [0, 0.05) is 11.4 Å². The van der Waals surface area contributed by atoms with E-state index in [0.717, 1.165) is 5.56 Å². The molecule has 4 atom stereocenters. The van der Waals surface area contributed by atoms with Crippen LogP contribution in [0.4, 0.5) is 0 Å². The molecule has 0 aliphatic carbocycles. The summed E-state index contributed by atoms with van der Waals surface area (Å²) in [4.78, 5) is 11.2. The van der Waals surface area contributed by atoms with Crippen LogP contribution in [0, 0.1) is 0 Å². The van der Waals surface area contributed by atoms with E-state index in [1.165, 1.54) is 0 Å². The van der Waals surface area contributed by atoms with Crippen LogP contribution >= 0.6 is 0 Å². The molecule has 1 aromatic carbocycles. The lowest BCUT2D eigenvalue weighted by Gasteiger charge is -2.24. The predicted molar refractivity (Wildman–Crippen MR) is 70.3 cm³/mol. The van der Waals surface area contributed by atoms with Gasteiger partial charge in [-0.2, -0.15) is 0 Å². The molecule has 0 radical (unpaired) electrons. The Hall–Kier alpha value is -1.04. The first-order chi connectivity index (χ1) is 8.34. The Bertz CT molecular complexity index is 443. The van der Waals surface area contributed by atoms with Crippen LogP contribution in [-0.2, 0) is 16.2 Å². The molecule has 0 saturated carbocycles. The van der Waals surface area contributed by atoms with Crippen molar-refractivity contribution in [2.45, 2.75) is 37.6 Å². The van der Waals surface area contributed by atoms with E-state index in [2.05, 4.69) is 0 Å². The normalized spacial score (nSPS) is 28.8. The molecular formula is C13H17NO3S. The van der Waals surface area contributed by atoms with Crippen molar-refractivity contribution in [2.75, 3.05) is 0 Å². The number of carboxylic acids is 1. The first-order valence-electron chi connectivity index (χ1n) is 5.82. The van der Waals surface area contributed by atoms with Crippen molar-refractivity contribution in [1.29, 1.82) is 0 Å². The summed E-state index contributed by atoms with van der Waals surface area (Å²) >= 11 is -1.31. The number of aliphatic carboxylic acids is 1. The highest BCUT2D eigenvalue weighted by molar-refractivity contribution is 7.90. The highest BCUT2D eigenvalue weighted by Gasteiger charge is 2.63. The fourth-order valence-corrected chi connectivity index (χ4v) is 3.39. The van der Waals surface area contributed by atoms with E-state index in [-0.39, 0.29) is 6.04 Å². The molecule has 2 rings (SSSR count). The van der Waals surface area contributed by atoms with E-state index < -0.39 is 28.1 Å². The minimum absolute atomic E-state index is 0.274. The van der Waals surface area contributed by atoms with Crippen molar-refractivity contribution < 1.29 is 14.5 Å². The van der Waals surface area contributed by atoms with E-state index in [1.54, 1.807) is 4.31 Å².